The lowest BCUT2D eigenvalue weighted by molar-refractivity contribution is -1.11. The van der Waals surface area contributed by atoms with E-state index in [4.69, 9.17) is 14.2 Å². The number of fused-ring (bicyclic) bond motifs is 1. The molecule has 0 unspecified atom stereocenters. The summed E-state index contributed by atoms with van der Waals surface area (Å²) in [6, 6.07) is 15.6. The zero-order valence-electron chi connectivity index (χ0n) is 19.4. The molecule has 33 heavy (non-hydrogen) atoms. The van der Waals surface area contributed by atoms with Gasteiger partial charge < -0.3 is 14.2 Å². The van der Waals surface area contributed by atoms with Gasteiger partial charge in [-0.1, -0.05) is 30.3 Å². The highest BCUT2D eigenvalue weighted by atomic mass is 16.6. The highest BCUT2D eigenvalue weighted by molar-refractivity contribution is 6.37. The van der Waals surface area contributed by atoms with E-state index in [0.29, 0.717) is 56.5 Å². The Morgan fingerprint density at radius 1 is 1.12 bits per heavy atom. The fraction of sp³-hybridized carbons (Fsp3) is 0.385. The van der Waals surface area contributed by atoms with Crippen molar-refractivity contribution in [2.45, 2.75) is 20.0 Å². The minimum absolute atomic E-state index is 0.0441. The van der Waals surface area contributed by atoms with Crippen molar-refractivity contribution in [1.82, 2.24) is 0 Å². The molecule has 0 spiro atoms. The Hall–Kier alpha value is -3.00. The number of hydroxylamine groups is 3. The molecular formula is C26H31N2O5+. The highest BCUT2D eigenvalue weighted by Gasteiger charge is 2.34. The van der Waals surface area contributed by atoms with Gasteiger partial charge in [0.15, 0.2) is 0 Å². The van der Waals surface area contributed by atoms with E-state index < -0.39 is 0 Å². The lowest BCUT2D eigenvalue weighted by atomic mass is 9.97. The van der Waals surface area contributed by atoms with Crippen molar-refractivity contribution < 1.29 is 28.9 Å². The summed E-state index contributed by atoms with van der Waals surface area (Å²) in [5, 5.41) is 10.6. The van der Waals surface area contributed by atoms with Gasteiger partial charge in [-0.25, -0.2) is 10.0 Å². The van der Waals surface area contributed by atoms with Crippen LogP contribution in [0.1, 0.15) is 30.5 Å². The molecule has 1 aliphatic heterocycles. The number of carbonyl (C=O) groups excluding carboxylic acids is 1. The normalized spacial score (nSPS) is 18.5. The molecular weight excluding hydrogens is 420 g/mol. The summed E-state index contributed by atoms with van der Waals surface area (Å²) < 4.78 is 16.8. The third-order valence-electron chi connectivity index (χ3n) is 5.92. The van der Waals surface area contributed by atoms with Crippen molar-refractivity contribution in [2.24, 2.45) is 4.99 Å². The van der Waals surface area contributed by atoms with Crippen molar-refractivity contribution in [3.63, 3.8) is 0 Å². The van der Waals surface area contributed by atoms with Gasteiger partial charge in [-0.3, -0.25) is 4.99 Å². The first-order chi connectivity index (χ1) is 15.9. The first-order valence-corrected chi connectivity index (χ1v) is 11.3. The molecule has 2 aromatic rings. The number of aliphatic imine (C=N–C) groups is 1. The van der Waals surface area contributed by atoms with Crippen LogP contribution < -0.4 is 4.74 Å². The smallest absolute Gasteiger partial charge is 0.341 e. The van der Waals surface area contributed by atoms with E-state index in [1.165, 1.54) is 0 Å². The van der Waals surface area contributed by atoms with Gasteiger partial charge in [0.2, 0.25) is 0 Å². The number of ether oxygens (including phenoxy) is 3. The Bertz CT molecular complexity index is 1070. The Morgan fingerprint density at radius 3 is 2.52 bits per heavy atom. The van der Waals surface area contributed by atoms with E-state index >= 15 is 0 Å². The third-order valence-corrected chi connectivity index (χ3v) is 5.92. The van der Waals surface area contributed by atoms with Crippen LogP contribution in [0.25, 0.3) is 5.57 Å². The Morgan fingerprint density at radius 2 is 1.85 bits per heavy atom. The molecule has 0 bridgehead atoms. The molecule has 0 radical (unpaired) electrons. The fourth-order valence-corrected chi connectivity index (χ4v) is 4.26. The van der Waals surface area contributed by atoms with Gasteiger partial charge in [-0.15, -0.1) is 0 Å². The lowest BCUT2D eigenvalue weighted by Crippen LogP contribution is -2.54. The molecule has 0 saturated carbocycles. The van der Waals surface area contributed by atoms with Gasteiger partial charge in [-0.05, 0) is 43.2 Å². The minimum atomic E-state index is -0.387. The summed E-state index contributed by atoms with van der Waals surface area (Å²) in [4.78, 5) is 17.6. The average Bonchev–Trinajstić information content (AvgIpc) is 3.13. The maximum absolute atomic E-state index is 13.1. The van der Waals surface area contributed by atoms with Gasteiger partial charge in [0, 0.05) is 18.2 Å². The number of morpholine rings is 1. The molecule has 2 aromatic carbocycles. The zero-order chi connectivity index (χ0) is 23.4. The second-order valence-corrected chi connectivity index (χ2v) is 8.58. The Labute approximate surface area is 194 Å². The van der Waals surface area contributed by atoms with Crippen molar-refractivity contribution in [1.29, 1.82) is 0 Å². The maximum Gasteiger partial charge on any atom is 0.341 e. The molecule has 1 aliphatic carbocycles. The van der Waals surface area contributed by atoms with Crippen LogP contribution in [-0.2, 0) is 14.3 Å². The van der Waals surface area contributed by atoms with Crippen LogP contribution in [0.2, 0.25) is 0 Å². The van der Waals surface area contributed by atoms with E-state index in [0.717, 1.165) is 22.3 Å². The van der Waals surface area contributed by atoms with E-state index in [1.54, 1.807) is 7.05 Å². The van der Waals surface area contributed by atoms with Crippen LogP contribution in [0.3, 0.4) is 0 Å². The highest BCUT2D eigenvalue weighted by Crippen LogP contribution is 2.40. The third kappa shape index (κ3) is 5.00. The van der Waals surface area contributed by atoms with Crippen LogP contribution in [0.4, 0.5) is 0 Å². The Kier molecular flexibility index (Phi) is 6.93. The molecule has 174 valence electrons. The van der Waals surface area contributed by atoms with Gasteiger partial charge in [0.25, 0.3) is 0 Å². The number of hydrogen-bond acceptors (Lipinski definition) is 6. The minimum Gasteiger partial charge on any atom is -0.488 e. The van der Waals surface area contributed by atoms with Gasteiger partial charge in [0.1, 0.15) is 32.0 Å². The summed E-state index contributed by atoms with van der Waals surface area (Å²) in [7, 11) is 1.68. The molecule has 7 nitrogen and oxygen atoms in total. The van der Waals surface area contributed by atoms with Crippen LogP contribution >= 0.6 is 0 Å². The van der Waals surface area contributed by atoms with Crippen LogP contribution in [0, 0.1) is 0 Å². The first kappa shape index (κ1) is 23.2. The number of esters is 1. The van der Waals surface area contributed by atoms with E-state index in [2.05, 4.69) is 4.99 Å². The molecule has 7 heteroatoms. The van der Waals surface area contributed by atoms with Crippen LogP contribution in [0.15, 0.2) is 59.1 Å². The lowest BCUT2D eigenvalue weighted by Gasteiger charge is -2.33. The number of quaternary nitrogens is 1. The van der Waals surface area contributed by atoms with Crippen molar-refractivity contribution in [2.75, 3.05) is 46.5 Å². The molecule has 0 amide bonds. The topological polar surface area (TPSA) is 77.4 Å². The summed E-state index contributed by atoms with van der Waals surface area (Å²) in [6.45, 7) is 6.75. The van der Waals surface area contributed by atoms with Gasteiger partial charge in [-0.2, -0.15) is 4.65 Å². The monoisotopic (exact) mass is 451 g/mol. The van der Waals surface area contributed by atoms with Crippen molar-refractivity contribution >= 4 is 17.3 Å². The maximum atomic E-state index is 13.1. The molecule has 0 atom stereocenters. The second kappa shape index (κ2) is 9.87. The Balaban J connectivity index is 1.63. The molecule has 1 saturated heterocycles. The number of benzene rings is 2. The molecule has 1 N–H and O–H groups in total. The number of rotatable bonds is 7. The first-order valence-electron chi connectivity index (χ1n) is 11.3. The van der Waals surface area contributed by atoms with Crippen molar-refractivity contribution in [3.05, 3.63) is 70.8 Å². The largest absolute Gasteiger partial charge is 0.488 e. The quantitative estimate of drug-likeness (QED) is 0.515. The number of hydrogen-bond donors (Lipinski definition) is 1. The van der Waals surface area contributed by atoms with Crippen LogP contribution in [0.5, 0.6) is 5.75 Å². The molecule has 0 aromatic heterocycles. The van der Waals surface area contributed by atoms with E-state index in [1.807, 2.05) is 62.4 Å². The number of nitrogens with zero attached hydrogens (tertiary/aromatic N) is 2. The molecule has 4 rings (SSSR count). The predicted octanol–water partition coefficient (Wildman–Crippen LogP) is 3.49. The molecule has 2 aliphatic rings. The van der Waals surface area contributed by atoms with Gasteiger partial charge >= 0.3 is 5.97 Å². The standard InChI is InChI=1S/C26H31N2O5/c1-18(2)33-26(29)24-23(19-7-5-4-6-8-19)21-10-9-20(17-22(21)25(24)27-3)32-16-13-28(30)11-14-31-15-12-28/h4-10,17-18,30H,11-16H2,1-3H3/q+1. The summed E-state index contributed by atoms with van der Waals surface area (Å²) in [6.07, 6.45) is -0.239. The predicted molar refractivity (Wildman–Crippen MR) is 126 cm³/mol. The van der Waals surface area contributed by atoms with Crippen LogP contribution in [-0.4, -0.2) is 74.1 Å². The summed E-state index contributed by atoms with van der Waals surface area (Å²) >= 11 is 0. The average molecular weight is 452 g/mol. The fourth-order valence-electron chi connectivity index (χ4n) is 4.26. The van der Waals surface area contributed by atoms with Gasteiger partial charge in [0.05, 0.1) is 30.6 Å². The summed E-state index contributed by atoms with van der Waals surface area (Å²) in [5.41, 5.74) is 4.57. The summed E-state index contributed by atoms with van der Waals surface area (Å²) in [5.74, 6) is 0.280. The van der Waals surface area contributed by atoms with E-state index in [-0.39, 0.29) is 16.7 Å². The number of carbonyl (C=O) groups is 1. The SMILES string of the molecule is CN=C1C(C(=O)OC(C)C)=C(c2ccccc2)c2ccc(OCC[N+]3(O)CCOCC3)cc21. The second-order valence-electron chi connectivity index (χ2n) is 8.58. The zero-order valence-corrected chi connectivity index (χ0v) is 19.4. The molecule has 1 fully saturated rings. The molecule has 1 heterocycles. The van der Waals surface area contributed by atoms with Crippen molar-refractivity contribution in [3.8, 4) is 5.75 Å². The van der Waals surface area contributed by atoms with E-state index in [9.17, 15) is 10.0 Å².